The molecule has 0 saturated carbocycles. The van der Waals surface area contributed by atoms with E-state index in [1.54, 1.807) is 14.0 Å². The summed E-state index contributed by atoms with van der Waals surface area (Å²) in [7, 11) is 1.59. The van der Waals surface area contributed by atoms with Gasteiger partial charge in [-0.25, -0.2) is 0 Å². The molecular weight excluding hydrogens is 328 g/mol. The molecule has 0 N–H and O–H groups in total. The number of hydrogen-bond acceptors (Lipinski definition) is 6. The van der Waals surface area contributed by atoms with Gasteiger partial charge in [0.25, 0.3) is 0 Å². The van der Waals surface area contributed by atoms with Gasteiger partial charge in [-0.3, -0.25) is 9.59 Å². The molecule has 0 aliphatic heterocycles. The van der Waals surface area contributed by atoms with E-state index < -0.39 is 0 Å². The minimum absolute atomic E-state index is 0.0587. The first kappa shape index (κ1) is 16.5. The van der Waals surface area contributed by atoms with Crippen molar-refractivity contribution in [1.82, 2.24) is 0 Å². The second kappa shape index (κ2) is 6.65. The molecule has 5 nitrogen and oxygen atoms in total. The summed E-state index contributed by atoms with van der Waals surface area (Å²) in [5.74, 6) is 1.04. The van der Waals surface area contributed by atoms with Crippen LogP contribution in [0.25, 0.3) is 21.1 Å². The lowest BCUT2D eigenvalue weighted by Gasteiger charge is -2.00. The Hall–Kier alpha value is -2.34. The van der Waals surface area contributed by atoms with Crippen LogP contribution in [0.2, 0.25) is 0 Å². The van der Waals surface area contributed by atoms with Gasteiger partial charge in [0, 0.05) is 28.0 Å². The summed E-state index contributed by atoms with van der Waals surface area (Å²) in [6.07, 6.45) is 0.251. The van der Waals surface area contributed by atoms with Gasteiger partial charge in [0.1, 0.15) is 5.76 Å². The molecule has 0 radical (unpaired) electrons. The number of thiophene rings is 1. The van der Waals surface area contributed by atoms with E-state index in [1.165, 1.54) is 11.3 Å². The van der Waals surface area contributed by atoms with Crippen LogP contribution in [0.3, 0.4) is 0 Å². The third-order valence-electron chi connectivity index (χ3n) is 3.75. The highest BCUT2D eigenvalue weighted by atomic mass is 32.1. The Morgan fingerprint density at radius 2 is 1.96 bits per heavy atom. The Balaban J connectivity index is 1.95. The smallest absolute Gasteiger partial charge is 0.306 e. The number of carbonyl (C=O) groups is 2. The van der Waals surface area contributed by atoms with Crippen molar-refractivity contribution in [2.24, 2.45) is 0 Å². The number of Topliss-reactive ketones (excluding diaryl/α,β-unsaturated/α-hetero) is 1. The first-order chi connectivity index (χ1) is 11.5. The van der Waals surface area contributed by atoms with Gasteiger partial charge in [-0.15, -0.1) is 11.3 Å². The van der Waals surface area contributed by atoms with Crippen molar-refractivity contribution in [1.29, 1.82) is 0 Å². The summed E-state index contributed by atoms with van der Waals surface area (Å²) in [5, 5.41) is 1.90. The minimum Gasteiger partial charge on any atom is -0.493 e. The van der Waals surface area contributed by atoms with E-state index in [0.717, 1.165) is 21.2 Å². The van der Waals surface area contributed by atoms with Crippen LogP contribution in [0.15, 0.2) is 22.6 Å². The van der Waals surface area contributed by atoms with Gasteiger partial charge in [-0.05, 0) is 26.0 Å². The Labute approximate surface area is 143 Å². The highest BCUT2D eigenvalue weighted by molar-refractivity contribution is 7.21. The van der Waals surface area contributed by atoms with Gasteiger partial charge in [-0.2, -0.15) is 0 Å². The zero-order valence-corrected chi connectivity index (χ0v) is 14.6. The van der Waals surface area contributed by atoms with Gasteiger partial charge in [-0.1, -0.05) is 0 Å². The first-order valence-electron chi connectivity index (χ1n) is 7.73. The van der Waals surface area contributed by atoms with E-state index in [4.69, 9.17) is 13.9 Å². The fourth-order valence-electron chi connectivity index (χ4n) is 2.67. The van der Waals surface area contributed by atoms with Gasteiger partial charge in [0.15, 0.2) is 17.1 Å². The lowest BCUT2D eigenvalue weighted by atomic mass is 10.1. The number of furan rings is 1. The average Bonchev–Trinajstić information content (AvgIpc) is 3.14. The number of aryl methyl sites for hydroxylation is 1. The van der Waals surface area contributed by atoms with Crippen LogP contribution in [-0.2, 0) is 9.53 Å². The molecule has 0 aliphatic carbocycles. The van der Waals surface area contributed by atoms with E-state index in [2.05, 4.69) is 0 Å². The second-order valence-corrected chi connectivity index (χ2v) is 6.51. The minimum atomic E-state index is -0.346. The molecule has 0 spiro atoms. The summed E-state index contributed by atoms with van der Waals surface area (Å²) in [6.45, 7) is 3.95. The molecule has 126 valence electrons. The van der Waals surface area contributed by atoms with Crippen molar-refractivity contribution in [3.63, 3.8) is 0 Å². The molecule has 0 saturated heterocycles. The van der Waals surface area contributed by atoms with Gasteiger partial charge in [0.05, 0.1) is 25.0 Å². The SMILES string of the molecule is CCOC(=O)CCC(=O)c1cc2c(cc(OC)c3oc(C)cc32)s1. The molecule has 24 heavy (non-hydrogen) atoms. The van der Waals surface area contributed by atoms with Crippen molar-refractivity contribution in [3.8, 4) is 5.75 Å². The zero-order valence-electron chi connectivity index (χ0n) is 13.8. The van der Waals surface area contributed by atoms with Crippen LogP contribution in [0.5, 0.6) is 5.75 Å². The summed E-state index contributed by atoms with van der Waals surface area (Å²) < 4.78 is 16.9. The average molecular weight is 346 g/mol. The maximum atomic E-state index is 12.4. The fraction of sp³-hybridized carbons (Fsp3) is 0.333. The Morgan fingerprint density at radius 1 is 1.17 bits per heavy atom. The monoisotopic (exact) mass is 346 g/mol. The topological polar surface area (TPSA) is 65.7 Å². The van der Waals surface area contributed by atoms with Crippen molar-refractivity contribution in [2.75, 3.05) is 13.7 Å². The molecule has 2 heterocycles. The second-order valence-electron chi connectivity index (χ2n) is 5.43. The molecule has 0 fully saturated rings. The number of esters is 1. The number of ether oxygens (including phenoxy) is 2. The van der Waals surface area contributed by atoms with Gasteiger partial charge < -0.3 is 13.9 Å². The van der Waals surface area contributed by atoms with E-state index >= 15 is 0 Å². The molecule has 0 unspecified atom stereocenters. The standard InChI is InChI=1S/C18H18O5S/c1-4-22-17(20)6-5-13(19)16-8-11-12-7-10(2)23-18(12)14(21-3)9-15(11)24-16/h7-9H,4-6H2,1-3H3. The number of benzene rings is 1. The lowest BCUT2D eigenvalue weighted by molar-refractivity contribution is -0.143. The maximum Gasteiger partial charge on any atom is 0.306 e. The van der Waals surface area contributed by atoms with Crippen molar-refractivity contribution in [3.05, 3.63) is 28.8 Å². The van der Waals surface area contributed by atoms with Crippen LogP contribution >= 0.6 is 11.3 Å². The number of hydrogen-bond donors (Lipinski definition) is 0. The summed E-state index contributed by atoms with van der Waals surface area (Å²) in [5.41, 5.74) is 0.686. The summed E-state index contributed by atoms with van der Waals surface area (Å²) >= 11 is 1.40. The van der Waals surface area contributed by atoms with E-state index in [1.807, 2.05) is 25.1 Å². The molecule has 3 aromatic rings. The van der Waals surface area contributed by atoms with Crippen molar-refractivity contribution < 1.29 is 23.5 Å². The summed E-state index contributed by atoms with van der Waals surface area (Å²) in [6, 6.07) is 5.69. The number of rotatable bonds is 6. The quantitative estimate of drug-likeness (QED) is 0.486. The predicted octanol–water partition coefficient (Wildman–Crippen LogP) is 4.49. The third-order valence-corrected chi connectivity index (χ3v) is 4.87. The molecule has 0 aliphatic rings. The van der Waals surface area contributed by atoms with Crippen LogP contribution in [0.4, 0.5) is 0 Å². The van der Waals surface area contributed by atoms with Crippen LogP contribution < -0.4 is 4.74 Å². The Kier molecular flexibility index (Phi) is 4.57. The van der Waals surface area contributed by atoms with Gasteiger partial charge in [0.2, 0.25) is 0 Å². The Bertz CT molecular complexity index is 918. The molecule has 6 heteroatoms. The van der Waals surface area contributed by atoms with Crippen LogP contribution in [0, 0.1) is 6.92 Å². The molecule has 0 bridgehead atoms. The maximum absolute atomic E-state index is 12.4. The van der Waals surface area contributed by atoms with Gasteiger partial charge >= 0.3 is 5.97 Å². The van der Waals surface area contributed by atoms with E-state index in [0.29, 0.717) is 22.8 Å². The fourth-order valence-corrected chi connectivity index (χ4v) is 3.74. The predicted molar refractivity (Wildman–Crippen MR) is 93.1 cm³/mol. The van der Waals surface area contributed by atoms with Crippen LogP contribution in [0.1, 0.15) is 35.2 Å². The molecular formula is C18H18O5S. The van der Waals surface area contributed by atoms with Crippen LogP contribution in [-0.4, -0.2) is 25.5 Å². The molecule has 1 aromatic carbocycles. The number of methoxy groups -OCH3 is 1. The molecule has 0 atom stereocenters. The Morgan fingerprint density at radius 3 is 2.67 bits per heavy atom. The number of carbonyl (C=O) groups excluding carboxylic acids is 2. The molecule has 2 aromatic heterocycles. The first-order valence-corrected chi connectivity index (χ1v) is 8.54. The highest BCUT2D eigenvalue weighted by Crippen LogP contribution is 2.39. The highest BCUT2D eigenvalue weighted by Gasteiger charge is 2.18. The van der Waals surface area contributed by atoms with Crippen molar-refractivity contribution in [2.45, 2.75) is 26.7 Å². The number of ketones is 1. The van der Waals surface area contributed by atoms with E-state index in [-0.39, 0.29) is 24.6 Å². The van der Waals surface area contributed by atoms with E-state index in [9.17, 15) is 9.59 Å². The normalized spacial score (nSPS) is 11.1. The van der Waals surface area contributed by atoms with Crippen molar-refractivity contribution >= 4 is 44.1 Å². The number of fused-ring (bicyclic) bond motifs is 3. The zero-order chi connectivity index (χ0) is 17.3. The molecule has 0 amide bonds. The lowest BCUT2D eigenvalue weighted by Crippen LogP contribution is -2.07. The largest absolute Gasteiger partial charge is 0.493 e. The summed E-state index contributed by atoms with van der Waals surface area (Å²) in [4.78, 5) is 24.4. The third kappa shape index (κ3) is 3.01. The molecule has 3 rings (SSSR count).